The zero-order chi connectivity index (χ0) is 10.1. The number of hydrogen-bond donors (Lipinski definition) is 1. The fraction of sp³-hybridized carbons (Fsp3) is 0.200. The second kappa shape index (κ2) is 3.14. The largest absolute Gasteiger partial charge is 0.494 e. The third-order valence-electron chi connectivity index (χ3n) is 2.13. The van der Waals surface area contributed by atoms with Crippen LogP contribution in [0.1, 0.15) is 5.56 Å². The molecule has 0 saturated carbocycles. The van der Waals surface area contributed by atoms with Crippen LogP contribution in [0.3, 0.4) is 0 Å². The van der Waals surface area contributed by atoms with Gasteiger partial charge in [-0.2, -0.15) is 0 Å². The van der Waals surface area contributed by atoms with Crippen molar-refractivity contribution in [2.75, 3.05) is 12.8 Å². The second-order valence-corrected chi connectivity index (χ2v) is 3.08. The highest BCUT2D eigenvalue weighted by Gasteiger charge is 2.06. The minimum absolute atomic E-state index is 0.265. The van der Waals surface area contributed by atoms with Gasteiger partial charge in [0.2, 0.25) is 5.95 Å². The fourth-order valence-electron chi connectivity index (χ4n) is 1.44. The van der Waals surface area contributed by atoms with Crippen molar-refractivity contribution in [3.05, 3.63) is 23.9 Å². The van der Waals surface area contributed by atoms with Crippen LogP contribution in [0.4, 0.5) is 5.95 Å². The molecular formula is C10H11N3O. The molecule has 2 N–H and O–H groups in total. The van der Waals surface area contributed by atoms with Crippen LogP contribution >= 0.6 is 0 Å². The Balaban J connectivity index is 2.84. The summed E-state index contributed by atoms with van der Waals surface area (Å²) in [4.78, 5) is 8.07. The number of benzene rings is 1. The highest BCUT2D eigenvalue weighted by molar-refractivity contribution is 5.85. The minimum atomic E-state index is 0.265. The molecule has 14 heavy (non-hydrogen) atoms. The molecule has 0 fully saturated rings. The van der Waals surface area contributed by atoms with Crippen molar-refractivity contribution in [2.45, 2.75) is 6.92 Å². The topological polar surface area (TPSA) is 61.0 Å². The summed E-state index contributed by atoms with van der Waals surface area (Å²) in [7, 11) is 1.63. The normalized spacial score (nSPS) is 10.4. The lowest BCUT2D eigenvalue weighted by atomic mass is 10.1. The second-order valence-electron chi connectivity index (χ2n) is 3.08. The summed E-state index contributed by atoms with van der Waals surface area (Å²) in [5, 5.41) is 0.932. The number of aryl methyl sites for hydroxylation is 1. The lowest BCUT2D eigenvalue weighted by Gasteiger charge is -2.07. The van der Waals surface area contributed by atoms with Gasteiger partial charge < -0.3 is 10.5 Å². The van der Waals surface area contributed by atoms with E-state index in [9.17, 15) is 0 Å². The molecule has 2 rings (SSSR count). The number of ether oxygens (including phenoxy) is 1. The molecule has 1 aromatic heterocycles. The molecule has 0 atom stereocenters. The van der Waals surface area contributed by atoms with Gasteiger partial charge in [0.15, 0.2) is 0 Å². The molecule has 0 unspecified atom stereocenters. The molecule has 0 aliphatic rings. The molecule has 1 heterocycles. The van der Waals surface area contributed by atoms with E-state index in [2.05, 4.69) is 9.97 Å². The van der Waals surface area contributed by atoms with Crippen molar-refractivity contribution in [3.8, 4) is 5.75 Å². The predicted octanol–water partition coefficient (Wildman–Crippen LogP) is 1.53. The van der Waals surface area contributed by atoms with Gasteiger partial charge in [-0.1, -0.05) is 12.1 Å². The van der Waals surface area contributed by atoms with Crippen LogP contribution in [-0.2, 0) is 0 Å². The zero-order valence-corrected chi connectivity index (χ0v) is 8.11. The smallest absolute Gasteiger partial charge is 0.220 e. The molecule has 0 bridgehead atoms. The first-order valence-corrected chi connectivity index (χ1v) is 4.28. The molecule has 0 amide bonds. The fourth-order valence-corrected chi connectivity index (χ4v) is 1.44. The summed E-state index contributed by atoms with van der Waals surface area (Å²) in [6.45, 7) is 1.97. The first-order valence-electron chi connectivity index (χ1n) is 4.28. The minimum Gasteiger partial charge on any atom is -0.494 e. The van der Waals surface area contributed by atoms with Crippen LogP contribution in [0.25, 0.3) is 10.9 Å². The van der Waals surface area contributed by atoms with Gasteiger partial charge in [-0.3, -0.25) is 0 Å². The van der Waals surface area contributed by atoms with Gasteiger partial charge in [-0.15, -0.1) is 0 Å². The van der Waals surface area contributed by atoms with Crippen molar-refractivity contribution >= 4 is 16.9 Å². The lowest BCUT2D eigenvalue weighted by molar-refractivity contribution is 0.416. The Labute approximate surface area is 81.7 Å². The maximum Gasteiger partial charge on any atom is 0.220 e. The number of nitrogens with zero attached hydrogens (tertiary/aromatic N) is 2. The van der Waals surface area contributed by atoms with E-state index in [1.54, 1.807) is 13.3 Å². The van der Waals surface area contributed by atoms with Crippen molar-refractivity contribution < 1.29 is 4.74 Å². The van der Waals surface area contributed by atoms with Gasteiger partial charge in [-0.25, -0.2) is 9.97 Å². The van der Waals surface area contributed by atoms with Crippen molar-refractivity contribution in [2.24, 2.45) is 0 Å². The van der Waals surface area contributed by atoms with Crippen LogP contribution in [0.5, 0.6) is 5.75 Å². The quantitative estimate of drug-likeness (QED) is 0.739. The molecule has 0 aliphatic carbocycles. The van der Waals surface area contributed by atoms with Crippen LogP contribution in [0.2, 0.25) is 0 Å². The first-order chi connectivity index (χ1) is 6.72. The third-order valence-corrected chi connectivity index (χ3v) is 2.13. The summed E-state index contributed by atoms with van der Waals surface area (Å²) in [6, 6.07) is 3.92. The van der Waals surface area contributed by atoms with Gasteiger partial charge in [0.1, 0.15) is 11.3 Å². The number of fused-ring (bicyclic) bond motifs is 1. The van der Waals surface area contributed by atoms with E-state index in [1.165, 1.54) is 0 Å². The Morgan fingerprint density at radius 3 is 2.86 bits per heavy atom. The number of nitrogen functional groups attached to an aromatic ring is 1. The Morgan fingerprint density at radius 2 is 2.14 bits per heavy atom. The molecule has 2 aromatic rings. The van der Waals surface area contributed by atoms with Crippen LogP contribution in [0.15, 0.2) is 18.3 Å². The molecule has 0 radical (unpaired) electrons. The van der Waals surface area contributed by atoms with Crippen LogP contribution < -0.4 is 10.5 Å². The standard InChI is InChI=1S/C10H11N3O/c1-6-3-4-7-5-12-10(11)13-8(7)9(6)14-2/h3-5H,1-2H3,(H2,11,12,13). The van der Waals surface area contributed by atoms with Crippen molar-refractivity contribution in [1.82, 2.24) is 9.97 Å². The lowest BCUT2D eigenvalue weighted by Crippen LogP contribution is -1.97. The number of hydrogen-bond acceptors (Lipinski definition) is 4. The molecule has 0 saturated heterocycles. The van der Waals surface area contributed by atoms with Crippen molar-refractivity contribution in [1.29, 1.82) is 0 Å². The number of rotatable bonds is 1. The van der Waals surface area contributed by atoms with E-state index < -0.39 is 0 Å². The average molecular weight is 189 g/mol. The monoisotopic (exact) mass is 189 g/mol. The van der Waals surface area contributed by atoms with E-state index in [0.717, 1.165) is 22.2 Å². The highest BCUT2D eigenvalue weighted by Crippen LogP contribution is 2.27. The Kier molecular flexibility index (Phi) is 1.96. The van der Waals surface area contributed by atoms with E-state index in [4.69, 9.17) is 10.5 Å². The van der Waals surface area contributed by atoms with E-state index in [1.807, 2.05) is 19.1 Å². The maximum absolute atomic E-state index is 5.52. The van der Waals surface area contributed by atoms with Gasteiger partial charge in [0.25, 0.3) is 0 Å². The Bertz CT molecular complexity index is 477. The summed E-state index contributed by atoms with van der Waals surface area (Å²) in [5.41, 5.74) is 7.32. The van der Waals surface area contributed by atoms with Crippen LogP contribution in [-0.4, -0.2) is 17.1 Å². The average Bonchev–Trinajstić information content (AvgIpc) is 2.17. The molecule has 4 nitrogen and oxygen atoms in total. The van der Waals surface area contributed by atoms with Gasteiger partial charge in [0.05, 0.1) is 7.11 Å². The third kappa shape index (κ3) is 1.25. The number of anilines is 1. The summed E-state index contributed by atoms with van der Waals surface area (Å²) < 4.78 is 5.27. The SMILES string of the molecule is COc1c(C)ccc2cnc(N)nc12. The molecular weight excluding hydrogens is 178 g/mol. The number of nitrogens with two attached hydrogens (primary N) is 1. The first kappa shape index (κ1) is 8.74. The predicted molar refractivity (Wildman–Crippen MR) is 55.2 cm³/mol. The summed E-state index contributed by atoms with van der Waals surface area (Å²) in [5.74, 6) is 1.03. The maximum atomic E-state index is 5.52. The summed E-state index contributed by atoms with van der Waals surface area (Å²) >= 11 is 0. The molecule has 72 valence electrons. The zero-order valence-electron chi connectivity index (χ0n) is 8.11. The Hall–Kier alpha value is -1.84. The van der Waals surface area contributed by atoms with E-state index in [-0.39, 0.29) is 5.95 Å². The van der Waals surface area contributed by atoms with Crippen molar-refractivity contribution in [3.63, 3.8) is 0 Å². The summed E-state index contributed by atoms with van der Waals surface area (Å²) in [6.07, 6.45) is 1.69. The van der Waals surface area contributed by atoms with Gasteiger partial charge in [-0.05, 0) is 12.5 Å². The van der Waals surface area contributed by atoms with E-state index >= 15 is 0 Å². The highest BCUT2D eigenvalue weighted by atomic mass is 16.5. The molecule has 1 aromatic carbocycles. The van der Waals surface area contributed by atoms with Crippen LogP contribution in [0, 0.1) is 6.92 Å². The Morgan fingerprint density at radius 1 is 1.36 bits per heavy atom. The van der Waals surface area contributed by atoms with Gasteiger partial charge in [0, 0.05) is 11.6 Å². The molecule has 0 spiro atoms. The van der Waals surface area contributed by atoms with Gasteiger partial charge >= 0.3 is 0 Å². The number of methoxy groups -OCH3 is 1. The molecule has 0 aliphatic heterocycles. The van der Waals surface area contributed by atoms with E-state index in [0.29, 0.717) is 0 Å². The molecule has 4 heteroatoms. The number of aromatic nitrogens is 2.